The molecule has 1 aliphatic heterocycles. The van der Waals surface area contributed by atoms with Crippen LogP contribution in [0.4, 0.5) is 11.4 Å². The average Bonchev–Trinajstić information content (AvgIpc) is 3.09. The van der Waals surface area contributed by atoms with Gasteiger partial charge in [0.25, 0.3) is 11.8 Å². The molecule has 1 N–H and O–H groups in total. The van der Waals surface area contributed by atoms with Crippen LogP contribution in [-0.2, 0) is 9.59 Å². The van der Waals surface area contributed by atoms with Crippen molar-refractivity contribution in [2.45, 2.75) is 20.0 Å². The van der Waals surface area contributed by atoms with Crippen LogP contribution in [0, 0.1) is 0 Å². The Morgan fingerprint density at radius 3 is 2.15 bits per heavy atom. The number of nitrogens with zero attached hydrogens (tertiary/aromatic N) is 1. The lowest BCUT2D eigenvalue weighted by molar-refractivity contribution is -0.120. The maximum Gasteiger partial charge on any atom is 0.282 e. The van der Waals surface area contributed by atoms with E-state index in [0.717, 1.165) is 16.5 Å². The average molecular weight is 449 g/mol. The summed E-state index contributed by atoms with van der Waals surface area (Å²) in [6.07, 6.45) is 0.0643. The first-order valence-corrected chi connectivity index (χ1v) is 11.2. The van der Waals surface area contributed by atoms with E-state index in [-0.39, 0.29) is 23.6 Å². The second-order valence-corrected chi connectivity index (χ2v) is 8.38. The third-order valence-corrected chi connectivity index (χ3v) is 5.65. The van der Waals surface area contributed by atoms with E-state index in [2.05, 4.69) is 5.32 Å². The molecule has 5 nitrogen and oxygen atoms in total. The second kappa shape index (κ2) is 8.87. The van der Waals surface area contributed by atoms with Gasteiger partial charge in [0.15, 0.2) is 0 Å². The van der Waals surface area contributed by atoms with Gasteiger partial charge in [0.05, 0.1) is 17.4 Å². The number of hydrogen-bond donors (Lipinski definition) is 1. The summed E-state index contributed by atoms with van der Waals surface area (Å²) in [7, 11) is 0. The highest BCUT2D eigenvalue weighted by Gasteiger charge is 2.40. The summed E-state index contributed by atoms with van der Waals surface area (Å²) in [5, 5.41) is 5.02. The maximum absolute atomic E-state index is 13.7. The maximum atomic E-state index is 13.7. The number of benzene rings is 4. The van der Waals surface area contributed by atoms with Crippen molar-refractivity contribution in [3.8, 4) is 5.75 Å². The fourth-order valence-corrected chi connectivity index (χ4v) is 4.17. The molecule has 0 saturated carbocycles. The Hall–Kier alpha value is -4.38. The molecule has 0 aromatic heterocycles. The zero-order valence-electron chi connectivity index (χ0n) is 19.0. The lowest BCUT2D eigenvalue weighted by Crippen LogP contribution is -2.32. The molecule has 0 radical (unpaired) electrons. The first-order chi connectivity index (χ1) is 16.5. The third kappa shape index (κ3) is 3.92. The lowest BCUT2D eigenvalue weighted by Gasteiger charge is -2.18. The Morgan fingerprint density at radius 2 is 1.41 bits per heavy atom. The quantitative estimate of drug-likeness (QED) is 0.366. The van der Waals surface area contributed by atoms with Crippen molar-refractivity contribution < 1.29 is 14.3 Å². The fraction of sp³-hybridized carbons (Fsp3) is 0.103. The molecule has 2 amide bonds. The predicted molar refractivity (Wildman–Crippen MR) is 136 cm³/mol. The Kier molecular flexibility index (Phi) is 5.60. The second-order valence-electron chi connectivity index (χ2n) is 8.38. The lowest BCUT2D eigenvalue weighted by atomic mass is 10.0. The van der Waals surface area contributed by atoms with Gasteiger partial charge in [0.1, 0.15) is 11.4 Å². The van der Waals surface area contributed by atoms with E-state index < -0.39 is 0 Å². The summed E-state index contributed by atoms with van der Waals surface area (Å²) in [5.74, 6) is 0.00143. The molecule has 0 bridgehead atoms. The zero-order chi connectivity index (χ0) is 23.7. The fourth-order valence-electron chi connectivity index (χ4n) is 4.17. The van der Waals surface area contributed by atoms with Crippen molar-refractivity contribution in [3.05, 3.63) is 108 Å². The van der Waals surface area contributed by atoms with Gasteiger partial charge < -0.3 is 10.1 Å². The minimum Gasteiger partial charge on any atom is -0.491 e. The minimum atomic E-state index is -0.386. The van der Waals surface area contributed by atoms with E-state index >= 15 is 0 Å². The van der Waals surface area contributed by atoms with Crippen LogP contribution < -0.4 is 15.0 Å². The first kappa shape index (κ1) is 21.5. The van der Waals surface area contributed by atoms with E-state index in [1.54, 1.807) is 0 Å². The smallest absolute Gasteiger partial charge is 0.282 e. The molecule has 1 aliphatic rings. The van der Waals surface area contributed by atoms with Crippen LogP contribution in [0.15, 0.2) is 103 Å². The van der Waals surface area contributed by atoms with Gasteiger partial charge in [0.2, 0.25) is 0 Å². The van der Waals surface area contributed by atoms with Gasteiger partial charge in [-0.05, 0) is 55.1 Å². The molecule has 0 aliphatic carbocycles. The molecular formula is C29H24N2O3. The number of rotatable bonds is 6. The number of ether oxygens (including phenoxy) is 1. The Bertz CT molecular complexity index is 1400. The van der Waals surface area contributed by atoms with Crippen LogP contribution in [0.2, 0.25) is 0 Å². The van der Waals surface area contributed by atoms with E-state index in [1.165, 1.54) is 4.90 Å². The molecule has 0 saturated heterocycles. The van der Waals surface area contributed by atoms with Crippen LogP contribution in [0.25, 0.3) is 16.3 Å². The van der Waals surface area contributed by atoms with Gasteiger partial charge in [0, 0.05) is 11.1 Å². The van der Waals surface area contributed by atoms with Gasteiger partial charge in [-0.3, -0.25) is 9.59 Å². The highest BCUT2D eigenvalue weighted by molar-refractivity contribution is 6.47. The van der Waals surface area contributed by atoms with Gasteiger partial charge in [-0.1, -0.05) is 66.7 Å². The molecule has 4 aromatic carbocycles. The number of imide groups is 1. The van der Waals surface area contributed by atoms with E-state index in [4.69, 9.17) is 4.74 Å². The van der Waals surface area contributed by atoms with E-state index in [9.17, 15) is 9.59 Å². The molecule has 4 aromatic rings. The van der Waals surface area contributed by atoms with Crippen molar-refractivity contribution in [2.24, 2.45) is 0 Å². The van der Waals surface area contributed by atoms with Crippen LogP contribution in [0.3, 0.4) is 0 Å². The Labute approximate surface area is 198 Å². The highest BCUT2D eigenvalue weighted by atomic mass is 16.5. The normalized spacial score (nSPS) is 13.8. The number of hydrogen-bond acceptors (Lipinski definition) is 4. The minimum absolute atomic E-state index is 0.0643. The summed E-state index contributed by atoms with van der Waals surface area (Å²) in [6.45, 7) is 3.93. The van der Waals surface area contributed by atoms with Gasteiger partial charge in [-0.15, -0.1) is 0 Å². The van der Waals surface area contributed by atoms with Crippen molar-refractivity contribution in [1.82, 2.24) is 0 Å². The molecular weight excluding hydrogens is 424 g/mol. The molecule has 34 heavy (non-hydrogen) atoms. The van der Waals surface area contributed by atoms with Crippen LogP contribution in [0.1, 0.15) is 19.4 Å². The van der Waals surface area contributed by atoms with Gasteiger partial charge in [-0.25, -0.2) is 4.90 Å². The van der Waals surface area contributed by atoms with Crippen molar-refractivity contribution >= 4 is 39.5 Å². The number of anilines is 2. The third-order valence-electron chi connectivity index (χ3n) is 5.65. The largest absolute Gasteiger partial charge is 0.491 e. The number of carbonyl (C=O) groups is 2. The van der Waals surface area contributed by atoms with Crippen LogP contribution >= 0.6 is 0 Å². The van der Waals surface area contributed by atoms with Gasteiger partial charge >= 0.3 is 0 Å². The van der Waals surface area contributed by atoms with E-state index in [0.29, 0.717) is 22.5 Å². The monoisotopic (exact) mass is 448 g/mol. The van der Waals surface area contributed by atoms with Crippen LogP contribution in [-0.4, -0.2) is 17.9 Å². The first-order valence-electron chi connectivity index (χ1n) is 11.2. The summed E-state index contributed by atoms with van der Waals surface area (Å²) < 4.78 is 5.71. The zero-order valence-corrected chi connectivity index (χ0v) is 19.0. The standard InChI is InChI=1S/C29H24N2O3/c1-19(2)34-23-17-15-22(16-18-23)30-27-26(21-10-4-3-5-11-21)28(32)31(29(27)33)25-14-8-12-20-9-6-7-13-24(20)25/h3-19,30H,1-2H3. The number of nitrogens with one attached hydrogen (secondary N) is 1. The van der Waals surface area contributed by atoms with Crippen molar-refractivity contribution in [3.63, 3.8) is 0 Å². The number of fused-ring (bicyclic) bond motifs is 1. The summed E-state index contributed by atoms with van der Waals surface area (Å²) in [5.41, 5.74) is 2.55. The SMILES string of the molecule is CC(C)Oc1ccc(NC2=C(c3ccccc3)C(=O)N(c3cccc4ccccc34)C2=O)cc1. The number of carbonyl (C=O) groups excluding carboxylic acids is 2. The Morgan fingerprint density at radius 1 is 0.735 bits per heavy atom. The number of amides is 2. The molecule has 0 atom stereocenters. The molecule has 5 rings (SSSR count). The summed E-state index contributed by atoms with van der Waals surface area (Å²) in [6, 6.07) is 30.0. The summed E-state index contributed by atoms with van der Waals surface area (Å²) in [4.78, 5) is 28.7. The molecule has 5 heteroatoms. The molecule has 1 heterocycles. The topological polar surface area (TPSA) is 58.6 Å². The molecule has 168 valence electrons. The Balaban J connectivity index is 1.58. The predicted octanol–water partition coefficient (Wildman–Crippen LogP) is 6.02. The highest BCUT2D eigenvalue weighted by Crippen LogP contribution is 2.37. The van der Waals surface area contributed by atoms with Crippen molar-refractivity contribution in [2.75, 3.05) is 10.2 Å². The molecule has 0 unspecified atom stereocenters. The molecule has 0 spiro atoms. The molecule has 0 fully saturated rings. The van der Waals surface area contributed by atoms with E-state index in [1.807, 2.05) is 111 Å². The summed E-state index contributed by atoms with van der Waals surface area (Å²) >= 11 is 0. The van der Waals surface area contributed by atoms with Gasteiger partial charge in [-0.2, -0.15) is 0 Å². The van der Waals surface area contributed by atoms with Crippen LogP contribution in [0.5, 0.6) is 5.75 Å². The van der Waals surface area contributed by atoms with Crippen molar-refractivity contribution in [1.29, 1.82) is 0 Å².